The van der Waals surface area contributed by atoms with Crippen LogP contribution >= 0.6 is 0 Å². The van der Waals surface area contributed by atoms with Crippen molar-refractivity contribution < 1.29 is 0 Å². The molecule has 5 rings (SSSR count). The summed E-state index contributed by atoms with van der Waals surface area (Å²) >= 11 is 0. The third-order valence-corrected chi connectivity index (χ3v) is 5.46. The van der Waals surface area contributed by atoms with Crippen molar-refractivity contribution in [2.45, 2.75) is 6.54 Å². The molecule has 0 saturated carbocycles. The van der Waals surface area contributed by atoms with Crippen molar-refractivity contribution in [1.82, 2.24) is 30.0 Å². The maximum absolute atomic E-state index is 9.18. The van der Waals surface area contributed by atoms with Gasteiger partial charge in [-0.05, 0) is 42.9 Å². The van der Waals surface area contributed by atoms with Gasteiger partial charge < -0.3 is 9.88 Å². The summed E-state index contributed by atoms with van der Waals surface area (Å²) in [5.74, 6) is 0.716. The Morgan fingerprint density at radius 3 is 2.75 bits per heavy atom. The number of aromatic amines is 2. The van der Waals surface area contributed by atoms with Crippen molar-refractivity contribution in [3.05, 3.63) is 47.5 Å². The van der Waals surface area contributed by atoms with Crippen LogP contribution < -0.4 is 0 Å². The highest BCUT2D eigenvalue weighted by molar-refractivity contribution is 5.93. The third kappa shape index (κ3) is 3.03. The molecule has 0 atom stereocenters. The molecule has 3 heterocycles. The molecule has 0 spiro atoms. The Morgan fingerprint density at radius 2 is 1.93 bits per heavy atom. The van der Waals surface area contributed by atoms with Gasteiger partial charge >= 0.3 is 0 Å². The number of nitriles is 1. The number of aromatic nitrogens is 4. The number of hydrogen-bond donors (Lipinski definition) is 2. The first-order valence-electron chi connectivity index (χ1n) is 9.48. The number of likely N-dealkylation sites (N-methyl/N-ethyl adjacent to an activating group) is 1. The molecule has 7 nitrogen and oxygen atoms in total. The Hall–Kier alpha value is -3.21. The van der Waals surface area contributed by atoms with Crippen LogP contribution in [0.15, 0.2) is 36.4 Å². The van der Waals surface area contributed by atoms with Crippen molar-refractivity contribution in [1.29, 1.82) is 5.26 Å². The lowest BCUT2D eigenvalue weighted by Gasteiger charge is -2.32. The fourth-order valence-corrected chi connectivity index (χ4v) is 3.80. The molecule has 1 aliphatic heterocycles. The number of imidazole rings is 1. The molecule has 0 amide bonds. The van der Waals surface area contributed by atoms with Gasteiger partial charge in [-0.25, -0.2) is 4.98 Å². The van der Waals surface area contributed by atoms with Crippen molar-refractivity contribution in [3.63, 3.8) is 0 Å². The zero-order valence-corrected chi connectivity index (χ0v) is 15.7. The Balaban J connectivity index is 1.46. The largest absolute Gasteiger partial charge is 0.337 e. The molecule has 0 bridgehead atoms. The lowest BCUT2D eigenvalue weighted by molar-refractivity contribution is 0.148. The molecule has 1 fully saturated rings. The standard InChI is InChI=1S/C21H21N7/c1-27-6-8-28(9-7-27)13-15-3-5-18-19(11-15)24-21(23-18)20-16-10-14(12-22)2-4-17(16)25-26-20/h2-5,10-11H,6-9,13H2,1H3,(H,23,24)(H,25,26). The third-order valence-electron chi connectivity index (χ3n) is 5.46. The first kappa shape index (κ1) is 16.9. The van der Waals surface area contributed by atoms with Gasteiger partial charge in [0, 0.05) is 38.1 Å². The monoisotopic (exact) mass is 371 g/mol. The molecule has 0 radical (unpaired) electrons. The average Bonchev–Trinajstić information content (AvgIpc) is 3.32. The van der Waals surface area contributed by atoms with Crippen molar-refractivity contribution in [2.24, 2.45) is 0 Å². The first-order chi connectivity index (χ1) is 13.7. The van der Waals surface area contributed by atoms with Gasteiger partial charge in [-0.15, -0.1) is 0 Å². The van der Waals surface area contributed by atoms with Gasteiger partial charge in [-0.3, -0.25) is 10.00 Å². The molecule has 1 aliphatic rings. The number of nitrogens with zero attached hydrogens (tertiary/aromatic N) is 5. The Kier molecular flexibility index (Phi) is 4.08. The molecule has 0 aliphatic carbocycles. The number of hydrogen-bond acceptors (Lipinski definition) is 5. The van der Waals surface area contributed by atoms with Crippen molar-refractivity contribution in [2.75, 3.05) is 33.2 Å². The molecule has 2 aromatic carbocycles. The van der Waals surface area contributed by atoms with E-state index in [1.54, 1.807) is 6.07 Å². The predicted octanol–water partition coefficient (Wildman–Crippen LogP) is 2.73. The van der Waals surface area contributed by atoms with Crippen molar-refractivity contribution >= 4 is 21.9 Å². The molecular formula is C21H21N7. The van der Waals surface area contributed by atoms with E-state index in [2.05, 4.69) is 56.3 Å². The molecule has 140 valence electrons. The van der Waals surface area contributed by atoms with Gasteiger partial charge in [0.2, 0.25) is 0 Å². The maximum atomic E-state index is 9.18. The maximum Gasteiger partial charge on any atom is 0.159 e. The van der Waals surface area contributed by atoms with Crippen LogP contribution in [0.25, 0.3) is 33.5 Å². The Bertz CT molecular complexity index is 1190. The quantitative estimate of drug-likeness (QED) is 0.578. The van der Waals surface area contributed by atoms with Crippen LogP contribution in [0.1, 0.15) is 11.1 Å². The summed E-state index contributed by atoms with van der Waals surface area (Å²) in [5, 5.41) is 17.5. The highest BCUT2D eigenvalue weighted by Crippen LogP contribution is 2.27. The molecule has 28 heavy (non-hydrogen) atoms. The summed E-state index contributed by atoms with van der Waals surface area (Å²) in [7, 11) is 2.17. The number of fused-ring (bicyclic) bond motifs is 2. The number of piperazine rings is 1. The van der Waals surface area contributed by atoms with Gasteiger partial charge in [-0.1, -0.05) is 6.07 Å². The molecule has 0 unspecified atom stereocenters. The zero-order valence-electron chi connectivity index (χ0n) is 15.7. The Labute approximate surface area is 162 Å². The van der Waals surface area contributed by atoms with E-state index in [0.717, 1.165) is 60.4 Å². The molecule has 2 N–H and O–H groups in total. The minimum Gasteiger partial charge on any atom is -0.337 e. The SMILES string of the molecule is CN1CCN(Cc2ccc3nc(-c4n[nH]c5ccc(C#N)cc45)[nH]c3c2)CC1. The topological polar surface area (TPSA) is 87.6 Å². The number of nitrogens with one attached hydrogen (secondary N) is 2. The lowest BCUT2D eigenvalue weighted by atomic mass is 10.1. The van der Waals surface area contributed by atoms with Gasteiger partial charge in [0.25, 0.3) is 0 Å². The van der Waals surface area contributed by atoms with Gasteiger partial charge in [0.05, 0.1) is 28.2 Å². The molecule has 1 saturated heterocycles. The van der Waals surface area contributed by atoms with E-state index in [0.29, 0.717) is 11.4 Å². The van der Waals surface area contributed by atoms with Crippen LogP contribution in [0.3, 0.4) is 0 Å². The Morgan fingerprint density at radius 1 is 1.07 bits per heavy atom. The number of H-pyrrole nitrogens is 2. The second-order valence-corrected chi connectivity index (χ2v) is 7.46. The summed E-state index contributed by atoms with van der Waals surface area (Å²) in [4.78, 5) is 13.0. The minimum absolute atomic E-state index is 0.612. The fourth-order valence-electron chi connectivity index (χ4n) is 3.80. The van der Waals surface area contributed by atoms with Gasteiger partial charge in [0.1, 0.15) is 5.69 Å². The predicted molar refractivity (Wildman–Crippen MR) is 109 cm³/mol. The van der Waals surface area contributed by atoms with E-state index in [1.165, 1.54) is 5.56 Å². The zero-order chi connectivity index (χ0) is 19.1. The van der Waals surface area contributed by atoms with Crippen LogP contribution in [0.5, 0.6) is 0 Å². The smallest absolute Gasteiger partial charge is 0.159 e. The second-order valence-electron chi connectivity index (χ2n) is 7.46. The normalized spacial score (nSPS) is 16.0. The highest BCUT2D eigenvalue weighted by atomic mass is 15.2. The van der Waals surface area contributed by atoms with Gasteiger partial charge in [0.15, 0.2) is 5.82 Å². The van der Waals surface area contributed by atoms with Gasteiger partial charge in [-0.2, -0.15) is 10.4 Å². The van der Waals surface area contributed by atoms with Crippen LogP contribution in [-0.4, -0.2) is 63.2 Å². The van der Waals surface area contributed by atoms with Crippen LogP contribution in [0.2, 0.25) is 0 Å². The summed E-state index contributed by atoms with van der Waals surface area (Å²) in [6.45, 7) is 5.39. The molecule has 4 aromatic rings. The number of rotatable bonds is 3. The highest BCUT2D eigenvalue weighted by Gasteiger charge is 2.16. The summed E-state index contributed by atoms with van der Waals surface area (Å²) in [6, 6.07) is 14.1. The molecule has 2 aromatic heterocycles. The van der Waals surface area contributed by atoms with E-state index in [1.807, 2.05) is 12.1 Å². The van der Waals surface area contributed by atoms with Crippen LogP contribution in [-0.2, 0) is 6.54 Å². The van der Waals surface area contributed by atoms with Crippen LogP contribution in [0, 0.1) is 11.3 Å². The van der Waals surface area contributed by atoms with Crippen LogP contribution in [0.4, 0.5) is 0 Å². The van der Waals surface area contributed by atoms with Crippen molar-refractivity contribution in [3.8, 4) is 17.6 Å². The minimum atomic E-state index is 0.612. The van der Waals surface area contributed by atoms with E-state index < -0.39 is 0 Å². The second kappa shape index (κ2) is 6.75. The number of benzene rings is 2. The lowest BCUT2D eigenvalue weighted by Crippen LogP contribution is -2.43. The van der Waals surface area contributed by atoms with E-state index in [9.17, 15) is 5.26 Å². The summed E-state index contributed by atoms with van der Waals surface area (Å²) < 4.78 is 0. The average molecular weight is 371 g/mol. The summed E-state index contributed by atoms with van der Waals surface area (Å²) in [5.41, 5.74) is 5.46. The molecular weight excluding hydrogens is 350 g/mol. The van der Waals surface area contributed by atoms with E-state index >= 15 is 0 Å². The summed E-state index contributed by atoms with van der Waals surface area (Å²) in [6.07, 6.45) is 0. The van der Waals surface area contributed by atoms with E-state index in [-0.39, 0.29) is 0 Å². The van der Waals surface area contributed by atoms with E-state index in [4.69, 9.17) is 4.98 Å². The molecule has 7 heteroatoms. The first-order valence-corrected chi connectivity index (χ1v) is 9.48. The fraction of sp³-hybridized carbons (Fsp3) is 0.286.